The number of halogens is 1. The number of rotatable bonds is 2. The number of nitrogen functional groups attached to an aromatic ring is 1. The van der Waals surface area contributed by atoms with E-state index in [4.69, 9.17) is 17.3 Å². The highest BCUT2D eigenvalue weighted by Crippen LogP contribution is 2.37. The number of benzene rings is 1. The van der Waals surface area contributed by atoms with Crippen LogP contribution in [-0.4, -0.2) is 13.1 Å². The first-order chi connectivity index (χ1) is 8.52. The number of carbonyl (C=O) groups excluding carboxylic acids is 1. The first-order valence-electron chi connectivity index (χ1n) is 5.27. The molecule has 2 N–H and O–H groups in total. The predicted molar refractivity (Wildman–Crippen MR) is 75.3 cm³/mol. The number of nitrogens with two attached hydrogens (primary N) is 1. The van der Waals surface area contributed by atoms with Gasteiger partial charge in [-0.3, -0.25) is 0 Å². The standard InChI is InChI=1S/C13H12ClNO2S/c1-7-3-4-8(9(14)5-7)11-6-10(15)12(18-11)13(16)17-2/h3-6H,15H2,1-2H3. The molecule has 2 rings (SSSR count). The van der Waals surface area contributed by atoms with Gasteiger partial charge in [-0.15, -0.1) is 11.3 Å². The van der Waals surface area contributed by atoms with Gasteiger partial charge in [-0.25, -0.2) is 4.79 Å². The SMILES string of the molecule is COC(=O)c1sc(-c2ccc(C)cc2Cl)cc1N. The molecule has 3 nitrogen and oxygen atoms in total. The zero-order valence-corrected chi connectivity index (χ0v) is 11.6. The molecule has 0 aliphatic carbocycles. The molecule has 1 aromatic carbocycles. The molecule has 0 spiro atoms. The van der Waals surface area contributed by atoms with E-state index in [1.54, 1.807) is 6.07 Å². The molecule has 1 heterocycles. The third-order valence-corrected chi connectivity index (χ3v) is 4.00. The minimum Gasteiger partial charge on any atom is -0.465 e. The second kappa shape index (κ2) is 5.00. The topological polar surface area (TPSA) is 52.3 Å². The summed E-state index contributed by atoms with van der Waals surface area (Å²) in [5, 5.41) is 0.646. The number of anilines is 1. The van der Waals surface area contributed by atoms with Crippen molar-refractivity contribution in [2.45, 2.75) is 6.92 Å². The molecule has 5 heteroatoms. The third-order valence-electron chi connectivity index (χ3n) is 2.52. The predicted octanol–water partition coefficient (Wildman–Crippen LogP) is 3.75. The molecule has 1 aromatic heterocycles. The summed E-state index contributed by atoms with van der Waals surface area (Å²) in [6, 6.07) is 7.51. The first-order valence-corrected chi connectivity index (χ1v) is 6.46. The summed E-state index contributed by atoms with van der Waals surface area (Å²) >= 11 is 7.47. The van der Waals surface area contributed by atoms with Crippen molar-refractivity contribution in [3.05, 3.63) is 39.7 Å². The van der Waals surface area contributed by atoms with Crippen LogP contribution in [0.4, 0.5) is 5.69 Å². The maximum atomic E-state index is 11.5. The van der Waals surface area contributed by atoms with Crippen molar-refractivity contribution in [1.29, 1.82) is 0 Å². The zero-order chi connectivity index (χ0) is 13.3. The minimum absolute atomic E-state index is 0.407. The minimum atomic E-state index is -0.424. The fourth-order valence-corrected chi connectivity index (χ4v) is 3.04. The lowest BCUT2D eigenvalue weighted by molar-refractivity contribution is 0.0607. The average Bonchev–Trinajstić information content (AvgIpc) is 2.70. The highest BCUT2D eigenvalue weighted by molar-refractivity contribution is 7.18. The molecule has 0 saturated heterocycles. The van der Waals surface area contributed by atoms with Crippen LogP contribution in [0, 0.1) is 6.92 Å². The molecule has 0 bridgehead atoms. The van der Waals surface area contributed by atoms with E-state index in [-0.39, 0.29) is 0 Å². The van der Waals surface area contributed by atoms with Gasteiger partial charge in [0, 0.05) is 15.5 Å². The third kappa shape index (κ3) is 2.35. The largest absolute Gasteiger partial charge is 0.465 e. The summed E-state index contributed by atoms with van der Waals surface area (Å²) in [7, 11) is 1.33. The van der Waals surface area contributed by atoms with Gasteiger partial charge in [0.1, 0.15) is 4.88 Å². The van der Waals surface area contributed by atoms with E-state index in [0.29, 0.717) is 15.6 Å². The Labute approximate surface area is 114 Å². The van der Waals surface area contributed by atoms with Crippen LogP contribution >= 0.6 is 22.9 Å². The summed E-state index contributed by atoms with van der Waals surface area (Å²) in [6.45, 7) is 1.97. The van der Waals surface area contributed by atoms with Crippen molar-refractivity contribution in [2.75, 3.05) is 12.8 Å². The molecule has 0 saturated carbocycles. The van der Waals surface area contributed by atoms with Crippen molar-refractivity contribution in [1.82, 2.24) is 0 Å². The maximum absolute atomic E-state index is 11.5. The fourth-order valence-electron chi connectivity index (χ4n) is 1.61. The summed E-state index contributed by atoms with van der Waals surface area (Å²) in [6.07, 6.45) is 0. The van der Waals surface area contributed by atoms with Crippen molar-refractivity contribution < 1.29 is 9.53 Å². The number of hydrogen-bond acceptors (Lipinski definition) is 4. The van der Waals surface area contributed by atoms with E-state index >= 15 is 0 Å². The number of thiophene rings is 1. The van der Waals surface area contributed by atoms with E-state index in [1.165, 1.54) is 18.4 Å². The Bertz CT molecular complexity index is 607. The van der Waals surface area contributed by atoms with Gasteiger partial charge in [0.15, 0.2) is 0 Å². The van der Waals surface area contributed by atoms with Crippen molar-refractivity contribution in [3.8, 4) is 10.4 Å². The van der Waals surface area contributed by atoms with Crippen LogP contribution in [0.1, 0.15) is 15.2 Å². The Kier molecular flexibility index (Phi) is 3.59. The van der Waals surface area contributed by atoms with Crippen molar-refractivity contribution in [3.63, 3.8) is 0 Å². The lowest BCUT2D eigenvalue weighted by Crippen LogP contribution is -2.00. The molecule has 0 unspecified atom stereocenters. The van der Waals surface area contributed by atoms with Crippen molar-refractivity contribution in [2.24, 2.45) is 0 Å². The van der Waals surface area contributed by atoms with Crippen LogP contribution in [-0.2, 0) is 4.74 Å². The lowest BCUT2D eigenvalue weighted by atomic mass is 10.1. The maximum Gasteiger partial charge on any atom is 0.350 e. The highest BCUT2D eigenvalue weighted by atomic mass is 35.5. The molecule has 94 valence electrons. The second-order valence-corrected chi connectivity index (χ2v) is 5.33. The summed E-state index contributed by atoms with van der Waals surface area (Å²) < 4.78 is 4.67. The number of methoxy groups -OCH3 is 1. The molecule has 0 amide bonds. The van der Waals surface area contributed by atoms with Gasteiger partial charge in [0.25, 0.3) is 0 Å². The van der Waals surface area contributed by atoms with Gasteiger partial charge in [-0.1, -0.05) is 23.7 Å². The molecule has 2 aromatic rings. The Morgan fingerprint density at radius 3 is 2.72 bits per heavy atom. The van der Waals surface area contributed by atoms with E-state index < -0.39 is 5.97 Å². The van der Waals surface area contributed by atoms with E-state index in [1.807, 2.05) is 25.1 Å². The van der Waals surface area contributed by atoms with Gasteiger partial charge in [0.2, 0.25) is 0 Å². The number of esters is 1. The van der Waals surface area contributed by atoms with Gasteiger partial charge in [-0.2, -0.15) is 0 Å². The summed E-state index contributed by atoms with van der Waals surface area (Å²) in [4.78, 5) is 12.8. The van der Waals surface area contributed by atoms with Crippen LogP contribution < -0.4 is 5.73 Å². The smallest absolute Gasteiger partial charge is 0.350 e. The lowest BCUT2D eigenvalue weighted by Gasteiger charge is -2.02. The first kappa shape index (κ1) is 12.9. The number of aryl methyl sites for hydroxylation is 1. The van der Waals surface area contributed by atoms with Crippen LogP contribution in [0.2, 0.25) is 5.02 Å². The Hall–Kier alpha value is -1.52. The van der Waals surface area contributed by atoms with Crippen LogP contribution in [0.25, 0.3) is 10.4 Å². The molecule has 18 heavy (non-hydrogen) atoms. The number of ether oxygens (including phenoxy) is 1. The van der Waals surface area contributed by atoms with Crippen LogP contribution in [0.15, 0.2) is 24.3 Å². The molecule has 0 aliphatic heterocycles. The zero-order valence-electron chi connectivity index (χ0n) is 9.99. The molecule has 0 fully saturated rings. The number of carbonyl (C=O) groups is 1. The van der Waals surface area contributed by atoms with E-state index in [9.17, 15) is 4.79 Å². The monoisotopic (exact) mass is 281 g/mol. The molecular formula is C13H12ClNO2S. The fraction of sp³-hybridized carbons (Fsp3) is 0.154. The van der Waals surface area contributed by atoms with Gasteiger partial charge < -0.3 is 10.5 Å². The van der Waals surface area contributed by atoms with Gasteiger partial charge >= 0.3 is 5.97 Å². The van der Waals surface area contributed by atoms with Gasteiger partial charge in [-0.05, 0) is 24.6 Å². The molecule has 0 radical (unpaired) electrons. The van der Waals surface area contributed by atoms with Crippen LogP contribution in [0.5, 0.6) is 0 Å². The molecule has 0 atom stereocenters. The Morgan fingerprint density at radius 1 is 1.39 bits per heavy atom. The second-order valence-electron chi connectivity index (χ2n) is 3.87. The normalized spacial score (nSPS) is 10.4. The summed E-state index contributed by atoms with van der Waals surface area (Å²) in [5.74, 6) is -0.424. The average molecular weight is 282 g/mol. The Morgan fingerprint density at radius 2 is 2.11 bits per heavy atom. The number of hydrogen-bond donors (Lipinski definition) is 1. The quantitative estimate of drug-likeness (QED) is 0.853. The molecular weight excluding hydrogens is 270 g/mol. The summed E-state index contributed by atoms with van der Waals surface area (Å²) in [5.41, 5.74) is 8.17. The van der Waals surface area contributed by atoms with Gasteiger partial charge in [0.05, 0.1) is 12.8 Å². The van der Waals surface area contributed by atoms with E-state index in [0.717, 1.165) is 16.0 Å². The molecule has 0 aliphatic rings. The highest BCUT2D eigenvalue weighted by Gasteiger charge is 2.16. The Balaban J connectivity index is 2.49. The van der Waals surface area contributed by atoms with E-state index in [2.05, 4.69) is 4.74 Å². The van der Waals surface area contributed by atoms with Crippen molar-refractivity contribution >= 4 is 34.6 Å². The van der Waals surface area contributed by atoms with Crippen LogP contribution in [0.3, 0.4) is 0 Å².